The molecule has 2 heterocycles. The molecule has 4 nitrogen and oxygen atoms in total. The first-order valence-electron chi connectivity index (χ1n) is 9.20. The monoisotopic (exact) mass is 381 g/mol. The Kier molecular flexibility index (Phi) is 5.28. The van der Waals surface area contributed by atoms with Crippen molar-refractivity contribution in [2.75, 3.05) is 13.1 Å². The third kappa shape index (κ3) is 3.92. The van der Waals surface area contributed by atoms with Gasteiger partial charge in [-0.05, 0) is 29.8 Å². The lowest BCUT2D eigenvalue weighted by atomic mass is 9.98. The Morgan fingerprint density at radius 1 is 1.07 bits per heavy atom. The second-order valence-corrected chi connectivity index (χ2v) is 7.27. The molecule has 0 bridgehead atoms. The van der Waals surface area contributed by atoms with Gasteiger partial charge in [-0.25, -0.2) is 0 Å². The number of furan rings is 1. The van der Waals surface area contributed by atoms with Crippen LogP contribution in [0, 0.1) is 0 Å². The van der Waals surface area contributed by atoms with Crippen molar-refractivity contribution in [2.45, 2.75) is 19.0 Å². The van der Waals surface area contributed by atoms with Crippen molar-refractivity contribution in [2.24, 2.45) is 0 Å². The molecule has 2 N–H and O–H groups in total. The van der Waals surface area contributed by atoms with E-state index < -0.39 is 0 Å². The smallest absolute Gasteiger partial charge is 0.253 e. The van der Waals surface area contributed by atoms with E-state index in [-0.39, 0.29) is 11.9 Å². The Morgan fingerprint density at radius 3 is 2.63 bits per heavy atom. The van der Waals surface area contributed by atoms with Gasteiger partial charge in [-0.3, -0.25) is 4.79 Å². The summed E-state index contributed by atoms with van der Waals surface area (Å²) in [4.78, 5) is 14.0. The van der Waals surface area contributed by atoms with Crippen LogP contribution < -0.4 is 10.2 Å². The molecule has 2 aromatic carbocycles. The van der Waals surface area contributed by atoms with E-state index in [0.29, 0.717) is 17.1 Å². The topological polar surface area (TPSA) is 46.7 Å². The van der Waals surface area contributed by atoms with Gasteiger partial charge >= 0.3 is 0 Å². The van der Waals surface area contributed by atoms with Crippen molar-refractivity contribution >= 4 is 17.5 Å². The molecule has 0 radical (unpaired) electrons. The largest absolute Gasteiger partial charge is 0.463 e. The maximum atomic E-state index is 12.6. The molecule has 0 fully saturated rings. The summed E-state index contributed by atoms with van der Waals surface area (Å²) >= 11 is 6.15. The van der Waals surface area contributed by atoms with Crippen molar-refractivity contribution in [3.63, 3.8) is 0 Å². The molecular formula is C22H22ClN2O2+. The molecule has 5 heteroatoms. The van der Waals surface area contributed by atoms with Gasteiger partial charge in [0, 0.05) is 12.0 Å². The summed E-state index contributed by atoms with van der Waals surface area (Å²) in [6, 6.07) is 19.6. The van der Waals surface area contributed by atoms with E-state index in [1.165, 1.54) is 16.0 Å². The Hall–Kier alpha value is -2.56. The van der Waals surface area contributed by atoms with E-state index in [1.54, 1.807) is 18.4 Å². The highest BCUT2D eigenvalue weighted by Gasteiger charge is 2.30. The Bertz CT molecular complexity index is 924. The normalized spacial score (nSPS) is 17.1. The van der Waals surface area contributed by atoms with Crippen LogP contribution in [0.25, 0.3) is 0 Å². The van der Waals surface area contributed by atoms with Gasteiger partial charge in [0.2, 0.25) is 0 Å². The van der Waals surface area contributed by atoms with Gasteiger partial charge in [0.1, 0.15) is 6.54 Å². The summed E-state index contributed by atoms with van der Waals surface area (Å²) in [7, 11) is 0. The summed E-state index contributed by atoms with van der Waals surface area (Å²) in [6.07, 6.45) is 2.72. The molecule has 2 atom stereocenters. The van der Waals surface area contributed by atoms with E-state index in [0.717, 1.165) is 25.3 Å². The summed E-state index contributed by atoms with van der Waals surface area (Å²) < 4.78 is 5.70. The Labute approximate surface area is 163 Å². The minimum absolute atomic E-state index is 0.0554. The zero-order valence-corrected chi connectivity index (χ0v) is 15.7. The molecule has 4 rings (SSSR count). The van der Waals surface area contributed by atoms with Gasteiger partial charge < -0.3 is 14.6 Å². The molecule has 27 heavy (non-hydrogen) atoms. The third-order valence-corrected chi connectivity index (χ3v) is 5.55. The van der Waals surface area contributed by atoms with Crippen LogP contribution in [0.3, 0.4) is 0 Å². The number of halogens is 1. The first-order chi connectivity index (χ1) is 13.2. The second-order valence-electron chi connectivity index (χ2n) is 6.86. The van der Waals surface area contributed by atoms with Crippen LogP contribution in [0.2, 0.25) is 5.02 Å². The maximum absolute atomic E-state index is 12.6. The molecular weight excluding hydrogens is 360 g/mol. The molecule has 3 aromatic rings. The number of quaternary nitrogens is 1. The van der Waals surface area contributed by atoms with Crippen molar-refractivity contribution in [1.29, 1.82) is 0 Å². The van der Waals surface area contributed by atoms with Crippen LogP contribution >= 0.6 is 11.6 Å². The van der Waals surface area contributed by atoms with Gasteiger partial charge in [0.15, 0.2) is 11.8 Å². The van der Waals surface area contributed by atoms with Crippen LogP contribution in [0.4, 0.5) is 0 Å². The quantitative estimate of drug-likeness (QED) is 0.713. The summed E-state index contributed by atoms with van der Waals surface area (Å²) in [5.74, 6) is 0.734. The molecule has 138 valence electrons. The zero-order chi connectivity index (χ0) is 18.6. The number of amides is 1. The van der Waals surface area contributed by atoms with E-state index in [2.05, 4.69) is 29.6 Å². The highest BCUT2D eigenvalue weighted by Crippen LogP contribution is 2.17. The fourth-order valence-electron chi connectivity index (χ4n) is 3.77. The maximum Gasteiger partial charge on any atom is 0.253 e. The average molecular weight is 382 g/mol. The highest BCUT2D eigenvalue weighted by atomic mass is 35.5. The number of hydrogen-bond acceptors (Lipinski definition) is 2. The minimum Gasteiger partial charge on any atom is -0.463 e. The minimum atomic E-state index is -0.158. The van der Waals surface area contributed by atoms with Crippen molar-refractivity contribution < 1.29 is 14.1 Å². The first kappa shape index (κ1) is 17.8. The second kappa shape index (κ2) is 7.99. The molecule has 1 aliphatic rings. The number of rotatable bonds is 5. The number of benzene rings is 2. The first-order valence-corrected chi connectivity index (χ1v) is 9.57. The standard InChI is InChI=1S/C22H21ClN2O2/c23-19-9-4-3-8-18(19)22(26)24-14-20(21-10-5-13-27-21)25-12-11-16-6-1-2-7-17(16)15-25/h1-10,13,20H,11-12,14-15H2,(H,24,26)/p+1/t20-/m1/s1. The van der Waals surface area contributed by atoms with Gasteiger partial charge in [-0.2, -0.15) is 0 Å². The number of carbonyl (C=O) groups is 1. The molecule has 0 saturated heterocycles. The summed E-state index contributed by atoms with van der Waals surface area (Å²) in [5, 5.41) is 3.51. The third-order valence-electron chi connectivity index (χ3n) is 5.22. The lowest BCUT2D eigenvalue weighted by Crippen LogP contribution is -3.12. The number of hydrogen-bond donors (Lipinski definition) is 2. The molecule has 0 spiro atoms. The number of fused-ring (bicyclic) bond motifs is 1. The molecule has 1 aromatic heterocycles. The van der Waals surface area contributed by atoms with Crippen molar-refractivity contribution in [1.82, 2.24) is 5.32 Å². The van der Waals surface area contributed by atoms with E-state index >= 15 is 0 Å². The van der Waals surface area contributed by atoms with Gasteiger partial charge in [-0.1, -0.05) is 48.0 Å². The zero-order valence-electron chi connectivity index (χ0n) is 15.0. The fraction of sp³-hybridized carbons (Fsp3) is 0.227. The van der Waals surface area contributed by atoms with E-state index in [9.17, 15) is 4.79 Å². The Balaban J connectivity index is 1.51. The summed E-state index contributed by atoms with van der Waals surface area (Å²) in [5.41, 5.74) is 3.28. The van der Waals surface area contributed by atoms with Gasteiger partial charge in [-0.15, -0.1) is 0 Å². The van der Waals surface area contributed by atoms with E-state index in [4.69, 9.17) is 16.0 Å². The Morgan fingerprint density at radius 2 is 1.85 bits per heavy atom. The van der Waals surface area contributed by atoms with E-state index in [1.807, 2.05) is 24.3 Å². The lowest BCUT2D eigenvalue weighted by molar-refractivity contribution is -0.946. The molecule has 1 amide bonds. The molecule has 0 saturated carbocycles. The number of carbonyl (C=O) groups excluding carboxylic acids is 1. The average Bonchev–Trinajstić information content (AvgIpc) is 3.23. The lowest BCUT2D eigenvalue weighted by Gasteiger charge is -2.31. The van der Waals surface area contributed by atoms with Gasteiger partial charge in [0.05, 0.1) is 29.9 Å². The predicted octanol–water partition coefficient (Wildman–Crippen LogP) is 3.05. The number of nitrogens with one attached hydrogen (secondary N) is 2. The molecule has 1 unspecified atom stereocenters. The van der Waals surface area contributed by atoms with Crippen molar-refractivity contribution in [3.05, 3.63) is 94.4 Å². The van der Waals surface area contributed by atoms with Crippen molar-refractivity contribution in [3.8, 4) is 0 Å². The van der Waals surface area contributed by atoms with Crippen LogP contribution in [0.15, 0.2) is 71.3 Å². The summed E-state index contributed by atoms with van der Waals surface area (Å²) in [6.45, 7) is 2.42. The molecule has 1 aliphatic heterocycles. The van der Waals surface area contributed by atoms with Crippen LogP contribution in [-0.4, -0.2) is 19.0 Å². The fourth-order valence-corrected chi connectivity index (χ4v) is 3.99. The van der Waals surface area contributed by atoms with Crippen LogP contribution in [-0.2, 0) is 13.0 Å². The molecule has 0 aliphatic carbocycles. The van der Waals surface area contributed by atoms with Crippen LogP contribution in [0.1, 0.15) is 33.3 Å². The van der Waals surface area contributed by atoms with Crippen LogP contribution in [0.5, 0.6) is 0 Å². The SMILES string of the molecule is O=C(NC[C@H](c1ccco1)[NH+]1CCc2ccccc2C1)c1ccccc1Cl. The predicted molar refractivity (Wildman–Crippen MR) is 105 cm³/mol. The highest BCUT2D eigenvalue weighted by molar-refractivity contribution is 6.33. The van der Waals surface area contributed by atoms with Gasteiger partial charge in [0.25, 0.3) is 5.91 Å².